The molecule has 0 spiro atoms. The molecule has 2 heterocycles. The van der Waals surface area contributed by atoms with Crippen LogP contribution in [0.25, 0.3) is 10.2 Å². The van der Waals surface area contributed by atoms with Gasteiger partial charge in [0, 0.05) is 18.8 Å². The molecule has 0 saturated carbocycles. The number of benzene rings is 2. The number of hydrogen-bond acceptors (Lipinski definition) is 6. The number of para-hydroxylation sites is 1. The van der Waals surface area contributed by atoms with Gasteiger partial charge >= 0.3 is 0 Å². The third kappa shape index (κ3) is 4.56. The van der Waals surface area contributed by atoms with Crippen molar-refractivity contribution < 1.29 is 14.3 Å². The molecule has 140 valence electrons. The highest BCUT2D eigenvalue weighted by Crippen LogP contribution is 2.31. The van der Waals surface area contributed by atoms with Gasteiger partial charge in [0.15, 0.2) is 5.13 Å². The van der Waals surface area contributed by atoms with E-state index < -0.39 is 0 Å². The highest BCUT2D eigenvalue weighted by Gasteiger charge is 2.15. The molecule has 0 bridgehead atoms. The molecule has 0 unspecified atom stereocenters. The first-order valence-electron chi connectivity index (χ1n) is 8.99. The Bertz CT molecular complexity index is 907. The van der Waals surface area contributed by atoms with Crippen LogP contribution in [0, 0.1) is 0 Å². The van der Waals surface area contributed by atoms with E-state index in [0.717, 1.165) is 53.1 Å². The van der Waals surface area contributed by atoms with Gasteiger partial charge in [0.2, 0.25) is 5.91 Å². The van der Waals surface area contributed by atoms with Gasteiger partial charge in [-0.25, -0.2) is 4.98 Å². The zero-order valence-corrected chi connectivity index (χ0v) is 15.7. The number of fused-ring (bicyclic) bond motifs is 1. The number of anilines is 2. The summed E-state index contributed by atoms with van der Waals surface area (Å²) in [6.45, 7) is 3.56. The quantitative estimate of drug-likeness (QED) is 0.705. The van der Waals surface area contributed by atoms with Gasteiger partial charge < -0.3 is 19.7 Å². The summed E-state index contributed by atoms with van der Waals surface area (Å²) in [6, 6.07) is 15.3. The second kappa shape index (κ2) is 8.37. The Morgan fingerprint density at radius 2 is 2.00 bits per heavy atom. The Balaban J connectivity index is 1.34. The topological polar surface area (TPSA) is 63.7 Å². The molecule has 1 N–H and O–H groups in total. The molecule has 0 radical (unpaired) electrons. The zero-order chi connectivity index (χ0) is 18.5. The number of morpholine rings is 1. The van der Waals surface area contributed by atoms with Gasteiger partial charge in [-0.2, -0.15) is 0 Å². The Labute approximate surface area is 161 Å². The van der Waals surface area contributed by atoms with Crippen molar-refractivity contribution in [3.8, 4) is 5.75 Å². The SMILES string of the molecule is O=C(CCOc1ccccc1)Nc1ccc2nc(N3CCOCC3)sc2c1. The minimum absolute atomic E-state index is 0.0665. The van der Waals surface area contributed by atoms with Crippen LogP contribution in [0.5, 0.6) is 5.75 Å². The monoisotopic (exact) mass is 383 g/mol. The number of carbonyl (C=O) groups is 1. The minimum atomic E-state index is -0.0665. The maximum Gasteiger partial charge on any atom is 0.227 e. The summed E-state index contributed by atoms with van der Waals surface area (Å²) >= 11 is 1.64. The van der Waals surface area contributed by atoms with E-state index in [9.17, 15) is 4.79 Å². The molecule has 1 aromatic heterocycles. The average Bonchev–Trinajstić information content (AvgIpc) is 3.13. The van der Waals surface area contributed by atoms with Crippen molar-refractivity contribution in [1.82, 2.24) is 4.98 Å². The smallest absolute Gasteiger partial charge is 0.227 e. The van der Waals surface area contributed by atoms with Crippen LogP contribution in [0.4, 0.5) is 10.8 Å². The number of nitrogens with zero attached hydrogens (tertiary/aromatic N) is 2. The van der Waals surface area contributed by atoms with E-state index in [1.165, 1.54) is 0 Å². The first kappa shape index (κ1) is 17.8. The van der Waals surface area contributed by atoms with Crippen LogP contribution in [-0.2, 0) is 9.53 Å². The predicted molar refractivity (Wildman–Crippen MR) is 108 cm³/mol. The number of carbonyl (C=O) groups excluding carboxylic acids is 1. The normalized spacial score (nSPS) is 14.3. The van der Waals surface area contributed by atoms with Crippen LogP contribution < -0.4 is 15.0 Å². The van der Waals surface area contributed by atoms with Gasteiger partial charge in [0.25, 0.3) is 0 Å². The largest absolute Gasteiger partial charge is 0.493 e. The van der Waals surface area contributed by atoms with Crippen molar-refractivity contribution >= 4 is 38.3 Å². The van der Waals surface area contributed by atoms with Crippen LogP contribution in [-0.4, -0.2) is 43.8 Å². The van der Waals surface area contributed by atoms with Crippen LogP contribution >= 0.6 is 11.3 Å². The van der Waals surface area contributed by atoms with Gasteiger partial charge in [-0.3, -0.25) is 4.79 Å². The first-order chi connectivity index (χ1) is 13.3. The summed E-state index contributed by atoms with van der Waals surface area (Å²) in [4.78, 5) is 19.1. The van der Waals surface area contributed by atoms with Crippen LogP contribution in [0.2, 0.25) is 0 Å². The van der Waals surface area contributed by atoms with Crippen LogP contribution in [0.3, 0.4) is 0 Å². The van der Waals surface area contributed by atoms with E-state index in [4.69, 9.17) is 14.5 Å². The number of ether oxygens (including phenoxy) is 2. The number of aromatic nitrogens is 1. The number of nitrogens with one attached hydrogen (secondary N) is 1. The van der Waals surface area contributed by atoms with Crippen molar-refractivity contribution in [2.45, 2.75) is 6.42 Å². The number of thiazole rings is 1. The number of rotatable bonds is 6. The molecular formula is C20H21N3O3S. The molecule has 0 atom stereocenters. The third-order valence-electron chi connectivity index (χ3n) is 4.28. The Morgan fingerprint density at radius 3 is 2.81 bits per heavy atom. The van der Waals surface area contributed by atoms with Crippen LogP contribution in [0.1, 0.15) is 6.42 Å². The molecule has 1 aliphatic rings. The van der Waals surface area contributed by atoms with Crippen molar-refractivity contribution in [3.63, 3.8) is 0 Å². The van der Waals surface area contributed by atoms with E-state index in [0.29, 0.717) is 13.0 Å². The molecule has 1 amide bonds. The lowest BCUT2D eigenvalue weighted by Gasteiger charge is -2.25. The Hall–Kier alpha value is -2.64. The third-order valence-corrected chi connectivity index (χ3v) is 5.36. The molecule has 3 aromatic rings. The fourth-order valence-electron chi connectivity index (χ4n) is 2.88. The molecule has 1 saturated heterocycles. The zero-order valence-electron chi connectivity index (χ0n) is 14.9. The van der Waals surface area contributed by atoms with E-state index in [1.807, 2.05) is 48.5 Å². The summed E-state index contributed by atoms with van der Waals surface area (Å²) in [7, 11) is 0. The maximum absolute atomic E-state index is 12.2. The molecule has 1 fully saturated rings. The lowest BCUT2D eigenvalue weighted by molar-refractivity contribution is -0.116. The summed E-state index contributed by atoms with van der Waals surface area (Å²) in [5.41, 5.74) is 1.73. The number of hydrogen-bond donors (Lipinski definition) is 1. The second-order valence-corrected chi connectivity index (χ2v) is 7.25. The molecule has 0 aliphatic carbocycles. The maximum atomic E-state index is 12.2. The average molecular weight is 383 g/mol. The first-order valence-corrected chi connectivity index (χ1v) is 9.80. The Morgan fingerprint density at radius 1 is 1.19 bits per heavy atom. The molecule has 2 aromatic carbocycles. The van der Waals surface area contributed by atoms with Gasteiger partial charge in [-0.15, -0.1) is 0 Å². The molecule has 6 nitrogen and oxygen atoms in total. The summed E-state index contributed by atoms with van der Waals surface area (Å²) < 4.78 is 12.0. The molecule has 1 aliphatic heterocycles. The van der Waals surface area contributed by atoms with Gasteiger partial charge in [-0.1, -0.05) is 29.5 Å². The lowest BCUT2D eigenvalue weighted by Crippen LogP contribution is -2.36. The highest BCUT2D eigenvalue weighted by atomic mass is 32.1. The van der Waals surface area contributed by atoms with Crippen molar-refractivity contribution in [1.29, 1.82) is 0 Å². The fourth-order valence-corrected chi connectivity index (χ4v) is 3.94. The predicted octanol–water partition coefficient (Wildman–Crippen LogP) is 3.54. The van der Waals surface area contributed by atoms with Gasteiger partial charge in [0.05, 0.1) is 36.5 Å². The van der Waals surface area contributed by atoms with E-state index in [-0.39, 0.29) is 5.91 Å². The van der Waals surface area contributed by atoms with E-state index in [1.54, 1.807) is 11.3 Å². The molecule has 4 rings (SSSR count). The van der Waals surface area contributed by atoms with Gasteiger partial charge in [0.1, 0.15) is 5.75 Å². The van der Waals surface area contributed by atoms with Crippen molar-refractivity contribution in [2.75, 3.05) is 43.1 Å². The van der Waals surface area contributed by atoms with Gasteiger partial charge in [-0.05, 0) is 30.3 Å². The minimum Gasteiger partial charge on any atom is -0.493 e. The van der Waals surface area contributed by atoms with E-state index >= 15 is 0 Å². The van der Waals surface area contributed by atoms with Crippen molar-refractivity contribution in [3.05, 3.63) is 48.5 Å². The lowest BCUT2D eigenvalue weighted by atomic mass is 10.3. The van der Waals surface area contributed by atoms with E-state index in [2.05, 4.69) is 10.2 Å². The molecule has 27 heavy (non-hydrogen) atoms. The van der Waals surface area contributed by atoms with Crippen molar-refractivity contribution in [2.24, 2.45) is 0 Å². The molecular weight excluding hydrogens is 362 g/mol. The number of amides is 1. The fraction of sp³-hybridized carbons (Fsp3) is 0.300. The highest BCUT2D eigenvalue weighted by molar-refractivity contribution is 7.22. The van der Waals surface area contributed by atoms with Crippen LogP contribution in [0.15, 0.2) is 48.5 Å². The summed E-state index contributed by atoms with van der Waals surface area (Å²) in [6.07, 6.45) is 0.300. The molecule has 7 heteroatoms. The Kier molecular flexibility index (Phi) is 5.50. The second-order valence-electron chi connectivity index (χ2n) is 6.24. The summed E-state index contributed by atoms with van der Waals surface area (Å²) in [5, 5.41) is 3.94. The standard InChI is InChI=1S/C20H21N3O3S/c24-19(8-11-26-16-4-2-1-3-5-16)21-15-6-7-17-18(14-15)27-20(22-17)23-9-12-25-13-10-23/h1-7,14H,8-13H2,(H,21,24). The summed E-state index contributed by atoms with van der Waals surface area (Å²) in [5.74, 6) is 0.704.